The van der Waals surface area contributed by atoms with Crippen molar-refractivity contribution < 1.29 is 21.6 Å². The predicted molar refractivity (Wildman–Crippen MR) is 100 cm³/mol. The minimum Gasteiger partial charge on any atom is -0.339 e. The first-order valence-corrected chi connectivity index (χ1v) is 12.1. The number of nitrogens with one attached hydrogen (secondary N) is 1. The summed E-state index contributed by atoms with van der Waals surface area (Å²) in [5.41, 5.74) is 0.863. The fourth-order valence-corrected chi connectivity index (χ4v) is 5.84. The number of nitrogens with zero attached hydrogens (tertiary/aromatic N) is 4. The fourth-order valence-electron chi connectivity index (χ4n) is 2.92. The van der Waals surface area contributed by atoms with Crippen LogP contribution in [0.5, 0.6) is 0 Å². The number of sulfonamides is 2. The van der Waals surface area contributed by atoms with Gasteiger partial charge < -0.3 is 4.90 Å². The molecule has 1 atom stereocenters. The number of benzene rings is 1. The minimum atomic E-state index is -3.77. The average molecular weight is 434 g/mol. The number of aromatic nitrogens is 2. The van der Waals surface area contributed by atoms with Gasteiger partial charge in [-0.05, 0) is 19.1 Å². The van der Waals surface area contributed by atoms with E-state index in [1.165, 1.54) is 22.2 Å². The summed E-state index contributed by atoms with van der Waals surface area (Å²) in [6.45, 7) is 2.06. The van der Waals surface area contributed by atoms with Crippen molar-refractivity contribution in [1.82, 2.24) is 22.7 Å². The van der Waals surface area contributed by atoms with Gasteiger partial charge in [0.2, 0.25) is 26.0 Å². The summed E-state index contributed by atoms with van der Waals surface area (Å²) in [6.07, 6.45) is 0.981. The van der Waals surface area contributed by atoms with Crippen molar-refractivity contribution in [3.63, 3.8) is 0 Å². The lowest BCUT2D eigenvalue weighted by Crippen LogP contribution is -2.54. The lowest BCUT2D eigenvalue weighted by Gasteiger charge is -2.35. The van der Waals surface area contributed by atoms with Crippen molar-refractivity contribution in [3.8, 4) is 0 Å². The van der Waals surface area contributed by atoms with Crippen LogP contribution in [-0.2, 0) is 24.8 Å². The first-order chi connectivity index (χ1) is 12.6. The summed E-state index contributed by atoms with van der Waals surface area (Å²) >= 11 is 0.950. The Balaban J connectivity index is 1.72. The van der Waals surface area contributed by atoms with Crippen LogP contribution in [0.3, 0.4) is 0 Å². The van der Waals surface area contributed by atoms with E-state index in [2.05, 4.69) is 13.5 Å². The molecule has 27 heavy (non-hydrogen) atoms. The number of amides is 1. The molecule has 1 N–H and O–H groups in total. The van der Waals surface area contributed by atoms with Crippen LogP contribution in [0.1, 0.15) is 6.92 Å². The lowest BCUT2D eigenvalue weighted by atomic mass is 10.2. The van der Waals surface area contributed by atoms with Crippen LogP contribution in [0.4, 0.5) is 0 Å². The smallest absolute Gasteiger partial charge is 0.245 e. The zero-order valence-electron chi connectivity index (χ0n) is 14.7. The molecule has 1 fully saturated rings. The standard InChI is InChI=1S/C14H19N5O5S3/c1-10(17-26(2,21)22)14(20)18-6-8-19(9-7-18)27(23,24)12-5-3-4-11-13(12)16-25-15-11/h3-5,10,17H,6-9H2,1-2H3. The maximum absolute atomic E-state index is 13.0. The molecule has 10 nitrogen and oxygen atoms in total. The summed E-state index contributed by atoms with van der Waals surface area (Å²) in [5.74, 6) is -0.386. The second-order valence-electron chi connectivity index (χ2n) is 6.23. The van der Waals surface area contributed by atoms with E-state index in [0.29, 0.717) is 11.0 Å². The average Bonchev–Trinajstić information content (AvgIpc) is 3.08. The van der Waals surface area contributed by atoms with Gasteiger partial charge in [0.25, 0.3) is 0 Å². The predicted octanol–water partition coefficient (Wildman–Crippen LogP) is -0.538. The Labute approximate surface area is 161 Å². The molecule has 0 saturated carbocycles. The number of hydrogen-bond donors (Lipinski definition) is 1. The highest BCUT2D eigenvalue weighted by Crippen LogP contribution is 2.25. The van der Waals surface area contributed by atoms with Crippen molar-refractivity contribution in [2.45, 2.75) is 17.9 Å². The van der Waals surface area contributed by atoms with Gasteiger partial charge in [-0.1, -0.05) is 6.07 Å². The third-order valence-corrected chi connectivity index (χ3v) is 7.43. The largest absolute Gasteiger partial charge is 0.339 e. The third kappa shape index (κ3) is 4.27. The van der Waals surface area contributed by atoms with Gasteiger partial charge in [-0.3, -0.25) is 4.79 Å². The Morgan fingerprint density at radius 3 is 2.44 bits per heavy atom. The monoisotopic (exact) mass is 433 g/mol. The zero-order chi connectivity index (χ0) is 19.8. The highest BCUT2D eigenvalue weighted by atomic mass is 32.2. The van der Waals surface area contributed by atoms with Crippen LogP contribution >= 0.6 is 11.7 Å². The number of rotatable bonds is 5. The van der Waals surface area contributed by atoms with Crippen molar-refractivity contribution in [2.75, 3.05) is 32.4 Å². The Morgan fingerprint density at radius 1 is 1.15 bits per heavy atom. The molecule has 0 aliphatic carbocycles. The molecule has 0 radical (unpaired) electrons. The molecule has 1 aromatic heterocycles. The van der Waals surface area contributed by atoms with Gasteiger partial charge in [0.15, 0.2) is 0 Å². The molecule has 0 spiro atoms. The van der Waals surface area contributed by atoms with E-state index in [0.717, 1.165) is 18.0 Å². The molecule has 1 unspecified atom stereocenters. The molecule has 148 valence electrons. The Morgan fingerprint density at radius 2 is 1.81 bits per heavy atom. The molecule has 1 aliphatic rings. The summed E-state index contributed by atoms with van der Waals surface area (Å²) in [7, 11) is -7.28. The second-order valence-corrected chi connectivity index (χ2v) is 10.4. The number of hydrogen-bond acceptors (Lipinski definition) is 8. The van der Waals surface area contributed by atoms with Crippen LogP contribution < -0.4 is 4.72 Å². The summed E-state index contributed by atoms with van der Waals surface area (Å²) in [4.78, 5) is 13.9. The molecule has 1 aromatic carbocycles. The van der Waals surface area contributed by atoms with Gasteiger partial charge in [-0.15, -0.1) is 0 Å². The lowest BCUT2D eigenvalue weighted by molar-refractivity contribution is -0.133. The SMILES string of the molecule is CC(NS(C)(=O)=O)C(=O)N1CCN(S(=O)(=O)c2cccc3nsnc23)CC1. The summed E-state index contributed by atoms with van der Waals surface area (Å²) < 4.78 is 60.2. The maximum Gasteiger partial charge on any atom is 0.245 e. The second kappa shape index (κ2) is 7.39. The van der Waals surface area contributed by atoms with E-state index in [-0.39, 0.29) is 37.0 Å². The topological polar surface area (TPSA) is 130 Å². The Bertz CT molecular complexity index is 1060. The highest BCUT2D eigenvalue weighted by molar-refractivity contribution is 7.89. The normalized spacial score (nSPS) is 17.9. The highest BCUT2D eigenvalue weighted by Gasteiger charge is 2.33. The van der Waals surface area contributed by atoms with E-state index in [1.807, 2.05) is 0 Å². The number of carbonyl (C=O) groups excluding carboxylic acids is 1. The first kappa shape index (κ1) is 20.1. The molecule has 0 bridgehead atoms. The molecule has 1 aliphatic heterocycles. The Hall–Kier alpha value is -1.67. The number of piperazine rings is 1. The van der Waals surface area contributed by atoms with E-state index in [9.17, 15) is 21.6 Å². The zero-order valence-corrected chi connectivity index (χ0v) is 17.1. The molecule has 2 aromatic rings. The van der Waals surface area contributed by atoms with Gasteiger partial charge in [-0.2, -0.15) is 13.1 Å². The summed E-state index contributed by atoms with van der Waals surface area (Å²) in [5, 5.41) is 0. The van der Waals surface area contributed by atoms with E-state index < -0.39 is 26.1 Å². The van der Waals surface area contributed by atoms with Crippen LogP contribution in [0.25, 0.3) is 11.0 Å². The number of carbonyl (C=O) groups is 1. The van der Waals surface area contributed by atoms with Gasteiger partial charge in [0.1, 0.15) is 15.9 Å². The molecular formula is C14H19N5O5S3. The number of fused-ring (bicyclic) bond motifs is 1. The minimum absolute atomic E-state index is 0.0978. The van der Waals surface area contributed by atoms with Gasteiger partial charge in [0, 0.05) is 26.2 Å². The molecular weight excluding hydrogens is 414 g/mol. The molecule has 1 amide bonds. The van der Waals surface area contributed by atoms with Crippen molar-refractivity contribution in [3.05, 3.63) is 18.2 Å². The fraction of sp³-hybridized carbons (Fsp3) is 0.500. The van der Waals surface area contributed by atoms with E-state index >= 15 is 0 Å². The molecule has 2 heterocycles. The van der Waals surface area contributed by atoms with Gasteiger partial charge in [0.05, 0.1) is 24.0 Å². The Kier molecular flexibility index (Phi) is 5.49. The van der Waals surface area contributed by atoms with E-state index in [1.54, 1.807) is 12.1 Å². The van der Waals surface area contributed by atoms with Crippen molar-refractivity contribution in [1.29, 1.82) is 0 Å². The van der Waals surface area contributed by atoms with E-state index in [4.69, 9.17) is 0 Å². The van der Waals surface area contributed by atoms with Crippen LogP contribution in [0.2, 0.25) is 0 Å². The van der Waals surface area contributed by atoms with Crippen molar-refractivity contribution >= 4 is 48.7 Å². The molecule has 3 rings (SSSR count). The van der Waals surface area contributed by atoms with Gasteiger partial charge in [-0.25, -0.2) is 21.6 Å². The van der Waals surface area contributed by atoms with Gasteiger partial charge >= 0.3 is 0 Å². The van der Waals surface area contributed by atoms with Crippen LogP contribution in [-0.4, -0.2) is 79.2 Å². The first-order valence-electron chi connectivity index (χ1n) is 8.07. The maximum atomic E-state index is 13.0. The third-order valence-electron chi connectivity index (χ3n) is 4.18. The van der Waals surface area contributed by atoms with Crippen LogP contribution in [0, 0.1) is 0 Å². The van der Waals surface area contributed by atoms with Crippen molar-refractivity contribution in [2.24, 2.45) is 0 Å². The quantitative estimate of drug-likeness (QED) is 0.670. The summed E-state index contributed by atoms with van der Waals surface area (Å²) in [6, 6.07) is 3.91. The molecule has 1 saturated heterocycles. The molecule has 13 heteroatoms. The van der Waals surface area contributed by atoms with Crippen LogP contribution in [0.15, 0.2) is 23.1 Å².